The van der Waals surface area contributed by atoms with Crippen molar-refractivity contribution in [2.75, 3.05) is 12.3 Å². The minimum atomic E-state index is 0. The van der Waals surface area contributed by atoms with Crippen LogP contribution in [0.3, 0.4) is 0 Å². The van der Waals surface area contributed by atoms with Crippen molar-refractivity contribution in [3.63, 3.8) is 0 Å². The lowest BCUT2D eigenvalue weighted by atomic mass is 9.95. The fourth-order valence-corrected chi connectivity index (χ4v) is 3.83. The molecular formula is C15H27IN4OS. The zero-order valence-corrected chi connectivity index (χ0v) is 16.5. The molecule has 22 heavy (non-hydrogen) atoms. The summed E-state index contributed by atoms with van der Waals surface area (Å²) in [7, 11) is 0. The van der Waals surface area contributed by atoms with E-state index in [1.807, 2.05) is 6.07 Å². The van der Waals surface area contributed by atoms with Crippen LogP contribution in [0.25, 0.3) is 0 Å². The van der Waals surface area contributed by atoms with Crippen LogP contribution in [0.2, 0.25) is 0 Å². The Morgan fingerprint density at radius 2 is 2.32 bits per heavy atom. The monoisotopic (exact) mass is 438 g/mol. The maximum Gasteiger partial charge on any atom is 0.191 e. The molecule has 1 aromatic heterocycles. The van der Waals surface area contributed by atoms with Crippen molar-refractivity contribution >= 4 is 41.7 Å². The number of rotatable bonds is 6. The van der Waals surface area contributed by atoms with E-state index in [-0.39, 0.29) is 24.0 Å². The third-order valence-electron chi connectivity index (χ3n) is 3.60. The third-order valence-corrected chi connectivity index (χ3v) is 4.84. The first-order chi connectivity index (χ1) is 10.3. The Kier molecular flexibility index (Phi) is 9.94. The van der Waals surface area contributed by atoms with Gasteiger partial charge in [0.25, 0.3) is 0 Å². The van der Waals surface area contributed by atoms with Gasteiger partial charge in [-0.15, -0.1) is 24.0 Å². The number of aliphatic imine (C=N–C) groups is 1. The molecule has 1 fully saturated rings. The first-order valence-electron chi connectivity index (χ1n) is 7.87. The van der Waals surface area contributed by atoms with Crippen LogP contribution < -0.4 is 10.6 Å². The topological polar surface area (TPSA) is 62.5 Å². The largest absolute Gasteiger partial charge is 0.364 e. The summed E-state index contributed by atoms with van der Waals surface area (Å²) in [6.45, 7) is 5.74. The Bertz CT molecular complexity index is 425. The van der Waals surface area contributed by atoms with E-state index in [4.69, 9.17) is 4.52 Å². The van der Waals surface area contributed by atoms with Crippen LogP contribution >= 0.6 is 35.7 Å². The van der Waals surface area contributed by atoms with E-state index in [0.717, 1.165) is 23.4 Å². The van der Waals surface area contributed by atoms with E-state index in [2.05, 4.69) is 46.4 Å². The van der Waals surface area contributed by atoms with Gasteiger partial charge in [-0.1, -0.05) is 18.5 Å². The smallest absolute Gasteiger partial charge is 0.191 e. The molecule has 2 unspecified atom stereocenters. The maximum absolute atomic E-state index is 4.83. The van der Waals surface area contributed by atoms with Gasteiger partial charge in [0.1, 0.15) is 12.0 Å². The van der Waals surface area contributed by atoms with Crippen LogP contribution in [0, 0.1) is 0 Å². The highest BCUT2D eigenvalue weighted by molar-refractivity contribution is 14.0. The van der Waals surface area contributed by atoms with Crippen molar-refractivity contribution in [1.82, 2.24) is 15.8 Å². The lowest BCUT2D eigenvalue weighted by molar-refractivity contribution is 0.411. The molecule has 7 heteroatoms. The minimum absolute atomic E-state index is 0. The molecule has 0 saturated heterocycles. The summed E-state index contributed by atoms with van der Waals surface area (Å²) in [6.07, 6.45) is 6.70. The van der Waals surface area contributed by atoms with Gasteiger partial charge in [0.15, 0.2) is 5.96 Å². The zero-order chi connectivity index (χ0) is 14.9. The Hall–Kier alpha value is -0.440. The van der Waals surface area contributed by atoms with Crippen LogP contribution in [0.5, 0.6) is 0 Å². The predicted octanol–water partition coefficient (Wildman–Crippen LogP) is 3.41. The maximum atomic E-state index is 4.83. The van der Waals surface area contributed by atoms with E-state index in [9.17, 15) is 0 Å². The molecule has 5 nitrogen and oxygen atoms in total. The lowest BCUT2D eigenvalue weighted by Crippen LogP contribution is -2.45. The van der Waals surface area contributed by atoms with Crippen LogP contribution in [-0.4, -0.2) is 34.7 Å². The fourth-order valence-electron chi connectivity index (χ4n) is 2.66. The van der Waals surface area contributed by atoms with E-state index in [1.165, 1.54) is 31.4 Å². The minimum Gasteiger partial charge on any atom is -0.364 e. The molecule has 1 saturated carbocycles. The summed E-state index contributed by atoms with van der Waals surface area (Å²) in [5, 5.41) is 11.6. The van der Waals surface area contributed by atoms with Crippen molar-refractivity contribution in [3.8, 4) is 0 Å². The normalized spacial score (nSPS) is 22.0. The molecular weight excluding hydrogens is 411 g/mol. The van der Waals surface area contributed by atoms with Crippen molar-refractivity contribution in [2.24, 2.45) is 4.99 Å². The standard InChI is InChI=1S/C15H26N4OS.HI/c1-3-16-15(17-11-13-8-9-20-19-13)18-12-6-5-7-14(10-12)21-4-2;/h8-9,12,14H,3-7,10-11H2,1-2H3,(H2,16,17,18);1H. The number of aromatic nitrogens is 1. The Labute approximate surface area is 154 Å². The van der Waals surface area contributed by atoms with Crippen LogP contribution in [0.4, 0.5) is 0 Å². The number of thioether (sulfide) groups is 1. The molecule has 0 bridgehead atoms. The molecule has 0 spiro atoms. The molecule has 0 aromatic carbocycles. The lowest BCUT2D eigenvalue weighted by Gasteiger charge is -2.30. The number of hydrogen-bond acceptors (Lipinski definition) is 4. The van der Waals surface area contributed by atoms with E-state index in [1.54, 1.807) is 6.26 Å². The quantitative estimate of drug-likeness (QED) is 0.405. The number of halogens is 1. The molecule has 1 aliphatic rings. The van der Waals surface area contributed by atoms with E-state index < -0.39 is 0 Å². The highest BCUT2D eigenvalue weighted by Gasteiger charge is 2.22. The fraction of sp³-hybridized carbons (Fsp3) is 0.733. The Morgan fingerprint density at radius 3 is 3.00 bits per heavy atom. The summed E-state index contributed by atoms with van der Waals surface area (Å²) in [6, 6.07) is 2.37. The van der Waals surface area contributed by atoms with Gasteiger partial charge >= 0.3 is 0 Å². The first-order valence-corrected chi connectivity index (χ1v) is 8.92. The molecule has 1 heterocycles. The molecule has 0 amide bonds. The van der Waals surface area contributed by atoms with Gasteiger partial charge in [0, 0.05) is 23.9 Å². The van der Waals surface area contributed by atoms with Gasteiger partial charge in [-0.05, 0) is 31.9 Å². The van der Waals surface area contributed by atoms with E-state index >= 15 is 0 Å². The summed E-state index contributed by atoms with van der Waals surface area (Å²) in [4.78, 5) is 4.59. The van der Waals surface area contributed by atoms with E-state index in [0.29, 0.717) is 12.6 Å². The number of hydrogen-bond donors (Lipinski definition) is 2. The Balaban J connectivity index is 0.00000242. The van der Waals surface area contributed by atoms with Gasteiger partial charge in [-0.2, -0.15) is 11.8 Å². The summed E-state index contributed by atoms with van der Waals surface area (Å²) in [5.41, 5.74) is 0.857. The van der Waals surface area contributed by atoms with Gasteiger partial charge in [0.2, 0.25) is 0 Å². The molecule has 2 atom stereocenters. The molecule has 1 aromatic rings. The number of nitrogens with zero attached hydrogens (tertiary/aromatic N) is 2. The highest BCUT2D eigenvalue weighted by atomic mass is 127. The van der Waals surface area contributed by atoms with Crippen molar-refractivity contribution in [2.45, 2.75) is 57.4 Å². The van der Waals surface area contributed by atoms with Crippen LogP contribution in [0.15, 0.2) is 21.8 Å². The molecule has 2 rings (SSSR count). The van der Waals surface area contributed by atoms with Crippen LogP contribution in [-0.2, 0) is 6.54 Å². The average Bonchev–Trinajstić information content (AvgIpc) is 2.99. The van der Waals surface area contributed by atoms with Crippen molar-refractivity contribution < 1.29 is 4.52 Å². The molecule has 0 aliphatic heterocycles. The van der Waals surface area contributed by atoms with Gasteiger partial charge < -0.3 is 15.2 Å². The molecule has 126 valence electrons. The van der Waals surface area contributed by atoms with Crippen molar-refractivity contribution in [3.05, 3.63) is 18.0 Å². The third kappa shape index (κ3) is 6.76. The van der Waals surface area contributed by atoms with Crippen LogP contribution in [0.1, 0.15) is 45.2 Å². The number of nitrogens with one attached hydrogen (secondary N) is 2. The summed E-state index contributed by atoms with van der Waals surface area (Å²) in [5.74, 6) is 2.09. The predicted molar refractivity (Wildman–Crippen MR) is 104 cm³/mol. The Morgan fingerprint density at radius 1 is 1.45 bits per heavy atom. The average molecular weight is 438 g/mol. The second-order valence-corrected chi connectivity index (χ2v) is 6.85. The second kappa shape index (κ2) is 11.2. The van der Waals surface area contributed by atoms with Gasteiger partial charge in [-0.3, -0.25) is 0 Å². The summed E-state index contributed by atoms with van der Waals surface area (Å²) >= 11 is 2.09. The van der Waals surface area contributed by atoms with Gasteiger partial charge in [-0.25, -0.2) is 4.99 Å². The number of guanidine groups is 1. The SMILES string of the molecule is CCNC(=NCc1ccon1)NC1CCCC(SCC)C1.I. The van der Waals surface area contributed by atoms with Crippen molar-refractivity contribution in [1.29, 1.82) is 0 Å². The molecule has 2 N–H and O–H groups in total. The molecule has 0 radical (unpaired) electrons. The highest BCUT2D eigenvalue weighted by Crippen LogP contribution is 2.28. The summed E-state index contributed by atoms with van der Waals surface area (Å²) < 4.78 is 4.83. The first kappa shape index (κ1) is 19.6. The molecule has 1 aliphatic carbocycles. The zero-order valence-electron chi connectivity index (χ0n) is 13.4. The van der Waals surface area contributed by atoms with Gasteiger partial charge in [0.05, 0.1) is 6.54 Å². The second-order valence-electron chi connectivity index (χ2n) is 5.27.